The Morgan fingerprint density at radius 2 is 1.57 bits per heavy atom. The molecule has 0 N–H and O–H groups in total. The van der Waals surface area contributed by atoms with Crippen molar-refractivity contribution >= 4 is 0 Å². The molecule has 4 heteroatoms. The number of hydrogen-bond donors (Lipinski definition) is 0. The molecule has 2 aromatic rings. The van der Waals surface area contributed by atoms with Crippen LogP contribution in [0.15, 0.2) is 36.4 Å². The number of unbranched alkanes of at least 4 members (excludes halogenated alkanes) is 2. The van der Waals surface area contributed by atoms with E-state index in [0.717, 1.165) is 23.6 Å². The molecule has 152 valence electrons. The fourth-order valence-electron chi connectivity index (χ4n) is 4.13. The molecular weight excluding hydrogens is 361 g/mol. The van der Waals surface area contributed by atoms with Crippen molar-refractivity contribution in [1.29, 1.82) is 0 Å². The number of halogens is 3. The maximum absolute atomic E-state index is 13.7. The van der Waals surface area contributed by atoms with Crippen LogP contribution in [0.5, 0.6) is 5.75 Å². The van der Waals surface area contributed by atoms with Crippen LogP contribution in [0, 0.1) is 23.4 Å². The zero-order valence-corrected chi connectivity index (χ0v) is 16.5. The largest absolute Gasteiger partial charge is 0.486 e. The molecule has 0 aromatic heterocycles. The standard InChI is InChI=1S/C24H29F3O/c1-2-3-4-5-17-6-10-19(11-7-17)20-12-8-18(9-13-20)16-28-22-15-14-21(25)23(26)24(22)27/h8-9,12-15,17,19H,2-7,10-11,16H2,1H3/t17-,19-. The average Bonchev–Trinajstić information content (AvgIpc) is 2.73. The summed E-state index contributed by atoms with van der Waals surface area (Å²) < 4.78 is 45.2. The van der Waals surface area contributed by atoms with E-state index >= 15 is 0 Å². The Hall–Kier alpha value is -1.97. The fraction of sp³-hybridized carbons (Fsp3) is 0.500. The average molecular weight is 390 g/mol. The zero-order valence-electron chi connectivity index (χ0n) is 16.5. The highest BCUT2D eigenvalue weighted by Crippen LogP contribution is 2.37. The third kappa shape index (κ3) is 5.30. The van der Waals surface area contributed by atoms with Crippen LogP contribution in [-0.2, 0) is 6.61 Å². The van der Waals surface area contributed by atoms with E-state index in [0.29, 0.717) is 5.92 Å². The maximum Gasteiger partial charge on any atom is 0.203 e. The van der Waals surface area contributed by atoms with Crippen LogP contribution in [0.2, 0.25) is 0 Å². The van der Waals surface area contributed by atoms with Gasteiger partial charge in [0.05, 0.1) is 0 Å². The molecule has 0 radical (unpaired) electrons. The van der Waals surface area contributed by atoms with Gasteiger partial charge < -0.3 is 4.74 Å². The number of ether oxygens (including phenoxy) is 1. The first-order chi connectivity index (χ1) is 13.6. The smallest absolute Gasteiger partial charge is 0.203 e. The first-order valence-corrected chi connectivity index (χ1v) is 10.4. The Labute approximate surface area is 165 Å². The van der Waals surface area contributed by atoms with Crippen LogP contribution in [0.25, 0.3) is 0 Å². The van der Waals surface area contributed by atoms with E-state index in [1.807, 2.05) is 12.1 Å². The van der Waals surface area contributed by atoms with Gasteiger partial charge >= 0.3 is 0 Å². The molecule has 0 heterocycles. The topological polar surface area (TPSA) is 9.23 Å². The first-order valence-electron chi connectivity index (χ1n) is 10.4. The second kappa shape index (κ2) is 9.99. The minimum absolute atomic E-state index is 0.118. The lowest BCUT2D eigenvalue weighted by atomic mass is 9.77. The molecule has 0 amide bonds. The van der Waals surface area contributed by atoms with Crippen molar-refractivity contribution in [2.75, 3.05) is 0 Å². The monoisotopic (exact) mass is 390 g/mol. The Bertz CT molecular complexity index is 749. The molecule has 1 nitrogen and oxygen atoms in total. The van der Waals surface area contributed by atoms with Crippen molar-refractivity contribution in [3.05, 3.63) is 65.0 Å². The van der Waals surface area contributed by atoms with Crippen LogP contribution in [0.4, 0.5) is 13.2 Å². The fourth-order valence-corrected chi connectivity index (χ4v) is 4.13. The summed E-state index contributed by atoms with van der Waals surface area (Å²) >= 11 is 0. The molecule has 0 spiro atoms. The lowest BCUT2D eigenvalue weighted by Gasteiger charge is -2.29. The Balaban J connectivity index is 1.50. The van der Waals surface area contributed by atoms with Crippen molar-refractivity contribution in [1.82, 2.24) is 0 Å². The molecule has 0 aliphatic heterocycles. The first kappa shape index (κ1) is 20.8. The molecule has 1 saturated carbocycles. The van der Waals surface area contributed by atoms with E-state index < -0.39 is 17.5 Å². The van der Waals surface area contributed by atoms with Gasteiger partial charge in [-0.2, -0.15) is 4.39 Å². The van der Waals surface area contributed by atoms with Crippen LogP contribution in [0.3, 0.4) is 0 Å². The molecule has 0 bridgehead atoms. The predicted octanol–water partition coefficient (Wildman–Crippen LogP) is 7.54. The molecule has 3 rings (SSSR count). The normalized spacial score (nSPS) is 19.6. The van der Waals surface area contributed by atoms with Gasteiger partial charge in [-0.1, -0.05) is 56.9 Å². The van der Waals surface area contributed by atoms with Gasteiger partial charge in [-0.15, -0.1) is 0 Å². The summed E-state index contributed by atoms with van der Waals surface area (Å²) in [6, 6.07) is 10.2. The second-order valence-corrected chi connectivity index (χ2v) is 7.92. The van der Waals surface area contributed by atoms with Gasteiger partial charge in [-0.05, 0) is 60.8 Å². The molecule has 0 saturated heterocycles. The van der Waals surface area contributed by atoms with Crippen molar-refractivity contribution in [2.24, 2.45) is 5.92 Å². The summed E-state index contributed by atoms with van der Waals surface area (Å²) in [5, 5.41) is 0. The lowest BCUT2D eigenvalue weighted by Crippen LogP contribution is -2.13. The SMILES string of the molecule is CCCCC[C@H]1CC[C@H](c2ccc(COc3ccc(F)c(F)c3F)cc2)CC1. The Morgan fingerprint density at radius 1 is 0.857 bits per heavy atom. The van der Waals surface area contributed by atoms with E-state index in [1.165, 1.54) is 56.9 Å². The van der Waals surface area contributed by atoms with E-state index in [2.05, 4.69) is 19.1 Å². The van der Waals surface area contributed by atoms with Crippen molar-refractivity contribution in [2.45, 2.75) is 70.8 Å². The van der Waals surface area contributed by atoms with Gasteiger partial charge in [0, 0.05) is 0 Å². The molecule has 1 aliphatic carbocycles. The van der Waals surface area contributed by atoms with E-state index in [9.17, 15) is 13.2 Å². The van der Waals surface area contributed by atoms with Gasteiger partial charge in [0.1, 0.15) is 6.61 Å². The summed E-state index contributed by atoms with van der Waals surface area (Å²) in [7, 11) is 0. The van der Waals surface area contributed by atoms with Crippen molar-refractivity contribution in [3.63, 3.8) is 0 Å². The van der Waals surface area contributed by atoms with Gasteiger partial charge in [-0.25, -0.2) is 8.78 Å². The third-order valence-electron chi connectivity index (χ3n) is 5.91. The minimum Gasteiger partial charge on any atom is -0.486 e. The highest BCUT2D eigenvalue weighted by molar-refractivity contribution is 5.28. The third-order valence-corrected chi connectivity index (χ3v) is 5.91. The Morgan fingerprint density at radius 3 is 2.25 bits per heavy atom. The molecular formula is C24H29F3O. The van der Waals surface area contributed by atoms with Crippen LogP contribution >= 0.6 is 0 Å². The van der Waals surface area contributed by atoms with Crippen LogP contribution < -0.4 is 4.74 Å². The van der Waals surface area contributed by atoms with Gasteiger partial charge in [0.2, 0.25) is 5.82 Å². The summed E-state index contributed by atoms with van der Waals surface area (Å²) in [5.41, 5.74) is 2.22. The van der Waals surface area contributed by atoms with Crippen LogP contribution in [-0.4, -0.2) is 0 Å². The van der Waals surface area contributed by atoms with Crippen LogP contribution in [0.1, 0.15) is 75.3 Å². The van der Waals surface area contributed by atoms with Gasteiger partial charge in [0.15, 0.2) is 17.4 Å². The summed E-state index contributed by atoms with van der Waals surface area (Å²) in [6.07, 6.45) is 10.5. The Kier molecular flexibility index (Phi) is 7.41. The highest BCUT2D eigenvalue weighted by Gasteiger charge is 2.22. The molecule has 1 aliphatic rings. The number of benzene rings is 2. The van der Waals surface area contributed by atoms with Gasteiger partial charge in [0.25, 0.3) is 0 Å². The van der Waals surface area contributed by atoms with Gasteiger partial charge in [-0.3, -0.25) is 0 Å². The van der Waals surface area contributed by atoms with Crippen molar-refractivity contribution < 1.29 is 17.9 Å². The lowest BCUT2D eigenvalue weighted by molar-refractivity contribution is 0.281. The molecule has 1 fully saturated rings. The van der Waals surface area contributed by atoms with Crippen molar-refractivity contribution in [3.8, 4) is 5.75 Å². The second-order valence-electron chi connectivity index (χ2n) is 7.92. The molecule has 0 unspecified atom stereocenters. The highest BCUT2D eigenvalue weighted by atomic mass is 19.2. The van der Waals surface area contributed by atoms with E-state index in [1.54, 1.807) is 0 Å². The molecule has 2 aromatic carbocycles. The maximum atomic E-state index is 13.7. The quantitative estimate of drug-likeness (QED) is 0.334. The predicted molar refractivity (Wildman–Crippen MR) is 106 cm³/mol. The number of hydrogen-bond acceptors (Lipinski definition) is 1. The number of rotatable bonds is 8. The summed E-state index contributed by atoms with van der Waals surface area (Å²) in [4.78, 5) is 0. The van der Waals surface area contributed by atoms with E-state index in [-0.39, 0.29) is 12.4 Å². The molecule has 0 atom stereocenters. The van der Waals surface area contributed by atoms with E-state index in [4.69, 9.17) is 4.74 Å². The summed E-state index contributed by atoms with van der Waals surface area (Å²) in [5.74, 6) is -2.77. The molecule has 28 heavy (non-hydrogen) atoms. The zero-order chi connectivity index (χ0) is 19.9. The minimum atomic E-state index is -1.50. The summed E-state index contributed by atoms with van der Waals surface area (Å²) in [6.45, 7) is 2.37.